The van der Waals surface area contributed by atoms with Crippen molar-refractivity contribution in [2.45, 2.75) is 13.0 Å². The van der Waals surface area contributed by atoms with Gasteiger partial charge in [0, 0.05) is 28.1 Å². The molecule has 0 saturated carbocycles. The molecule has 0 saturated heterocycles. The molecular formula is C16H13BrN4O2. The maximum atomic E-state index is 12.8. The zero-order chi connectivity index (χ0) is 16.4. The van der Waals surface area contributed by atoms with Gasteiger partial charge in [-0.15, -0.1) is 0 Å². The fraction of sp³-hybridized carbons (Fsp3) is 0.125. The van der Waals surface area contributed by atoms with Crippen LogP contribution in [0.5, 0.6) is 0 Å². The van der Waals surface area contributed by atoms with Gasteiger partial charge in [0.2, 0.25) is 5.78 Å². The van der Waals surface area contributed by atoms with Crippen LogP contribution in [0.2, 0.25) is 0 Å². The highest BCUT2D eigenvalue weighted by Crippen LogP contribution is 2.29. The fourth-order valence-corrected chi connectivity index (χ4v) is 2.72. The fourth-order valence-electron chi connectivity index (χ4n) is 2.45. The number of hydrogen-bond donors (Lipinski definition) is 2. The van der Waals surface area contributed by atoms with Crippen molar-refractivity contribution >= 4 is 27.7 Å². The van der Waals surface area contributed by atoms with Gasteiger partial charge in [-0.1, -0.05) is 28.1 Å². The molecule has 2 heterocycles. The van der Waals surface area contributed by atoms with Gasteiger partial charge in [0.15, 0.2) is 0 Å². The lowest BCUT2D eigenvalue weighted by molar-refractivity contribution is 0.101. The largest absolute Gasteiger partial charge is 0.327 e. The first-order chi connectivity index (χ1) is 11.1. The van der Waals surface area contributed by atoms with Crippen LogP contribution in [0.4, 0.5) is 4.79 Å². The van der Waals surface area contributed by atoms with Crippen LogP contribution in [0, 0.1) is 0 Å². The maximum absolute atomic E-state index is 12.8. The number of carbonyl (C=O) groups is 2. The molecule has 0 fully saturated rings. The molecule has 2 N–H and O–H groups in total. The molecule has 6 nitrogen and oxygen atoms in total. The molecule has 0 spiro atoms. The van der Waals surface area contributed by atoms with Crippen LogP contribution < -0.4 is 10.6 Å². The lowest BCUT2D eigenvalue weighted by Crippen LogP contribution is -2.45. The number of rotatable bonds is 3. The van der Waals surface area contributed by atoms with Crippen LogP contribution in [0.25, 0.3) is 0 Å². The molecule has 0 radical (unpaired) electrons. The summed E-state index contributed by atoms with van der Waals surface area (Å²) in [5.41, 5.74) is 2.02. The molecule has 1 aromatic heterocycles. The highest BCUT2D eigenvalue weighted by molar-refractivity contribution is 9.10. The summed E-state index contributed by atoms with van der Waals surface area (Å²) >= 11 is 3.38. The Morgan fingerprint density at radius 2 is 1.96 bits per heavy atom. The minimum atomic E-state index is -0.536. The molecule has 1 unspecified atom stereocenters. The van der Waals surface area contributed by atoms with E-state index in [2.05, 4.69) is 36.5 Å². The van der Waals surface area contributed by atoms with Gasteiger partial charge in [0.25, 0.3) is 0 Å². The second-order valence-electron chi connectivity index (χ2n) is 5.04. The van der Waals surface area contributed by atoms with Crippen LogP contribution in [-0.4, -0.2) is 21.8 Å². The van der Waals surface area contributed by atoms with Gasteiger partial charge in [-0.05, 0) is 24.6 Å². The number of nitrogens with one attached hydrogen (secondary N) is 2. The predicted molar refractivity (Wildman–Crippen MR) is 87.6 cm³/mol. The zero-order valence-corrected chi connectivity index (χ0v) is 13.8. The number of amides is 2. The summed E-state index contributed by atoms with van der Waals surface area (Å²) in [7, 11) is 0. The molecule has 3 rings (SSSR count). The van der Waals surface area contributed by atoms with E-state index in [0.29, 0.717) is 11.3 Å². The van der Waals surface area contributed by atoms with Crippen molar-refractivity contribution in [2.75, 3.05) is 0 Å². The van der Waals surface area contributed by atoms with Crippen LogP contribution in [-0.2, 0) is 0 Å². The van der Waals surface area contributed by atoms with E-state index in [0.717, 1.165) is 10.0 Å². The molecule has 2 amide bonds. The molecule has 2 aromatic rings. The molecule has 1 aromatic carbocycles. The summed E-state index contributed by atoms with van der Waals surface area (Å²) in [5.74, 6) is -0.268. The number of aromatic nitrogens is 2. The van der Waals surface area contributed by atoms with Gasteiger partial charge < -0.3 is 10.6 Å². The number of halogens is 1. The van der Waals surface area contributed by atoms with E-state index in [1.807, 2.05) is 24.3 Å². The van der Waals surface area contributed by atoms with Crippen molar-refractivity contribution in [1.29, 1.82) is 0 Å². The number of carbonyl (C=O) groups excluding carboxylic acids is 2. The Hall–Kier alpha value is -2.54. The Bertz CT molecular complexity index is 787. The van der Waals surface area contributed by atoms with E-state index in [1.165, 1.54) is 18.6 Å². The third-order valence-corrected chi connectivity index (χ3v) is 4.04. The molecule has 23 heavy (non-hydrogen) atoms. The minimum Gasteiger partial charge on any atom is -0.327 e. The Balaban J connectivity index is 2.06. The van der Waals surface area contributed by atoms with E-state index < -0.39 is 6.04 Å². The number of nitrogens with zero attached hydrogens (tertiary/aromatic N) is 2. The Morgan fingerprint density at radius 1 is 1.22 bits per heavy atom. The zero-order valence-electron chi connectivity index (χ0n) is 12.2. The first-order valence-corrected chi connectivity index (χ1v) is 7.70. The first kappa shape index (κ1) is 15.4. The van der Waals surface area contributed by atoms with E-state index in [9.17, 15) is 9.59 Å². The number of Topliss-reactive ketones (excluding diaryl/α,β-unsaturated/α-hetero) is 1. The lowest BCUT2D eigenvalue weighted by atomic mass is 9.91. The number of ketones is 1. The first-order valence-electron chi connectivity index (χ1n) is 6.90. The highest BCUT2D eigenvalue weighted by Gasteiger charge is 2.32. The number of benzene rings is 1. The summed E-state index contributed by atoms with van der Waals surface area (Å²) < 4.78 is 0.920. The highest BCUT2D eigenvalue weighted by atomic mass is 79.9. The number of hydrogen-bond acceptors (Lipinski definition) is 4. The van der Waals surface area contributed by atoms with Gasteiger partial charge in [-0.3, -0.25) is 9.78 Å². The lowest BCUT2D eigenvalue weighted by Gasteiger charge is -2.28. The predicted octanol–water partition coefficient (Wildman–Crippen LogP) is 2.75. The van der Waals surface area contributed by atoms with Crippen LogP contribution in [0.15, 0.2) is 58.6 Å². The van der Waals surface area contributed by atoms with Gasteiger partial charge >= 0.3 is 6.03 Å². The van der Waals surface area contributed by atoms with Crippen LogP contribution >= 0.6 is 15.9 Å². The molecule has 1 aliphatic rings. The quantitative estimate of drug-likeness (QED) is 0.811. The SMILES string of the molecule is CC1=C(C(=O)c2cnccn2)C(c2ccc(Br)cc2)NC(=O)N1. The van der Waals surface area contributed by atoms with Gasteiger partial charge in [0.05, 0.1) is 12.2 Å². The van der Waals surface area contributed by atoms with Gasteiger partial charge in [-0.2, -0.15) is 0 Å². The van der Waals surface area contributed by atoms with Crippen molar-refractivity contribution < 1.29 is 9.59 Å². The van der Waals surface area contributed by atoms with Crippen LogP contribution in [0.3, 0.4) is 0 Å². The van der Waals surface area contributed by atoms with Crippen molar-refractivity contribution in [3.8, 4) is 0 Å². The Morgan fingerprint density at radius 3 is 2.61 bits per heavy atom. The molecule has 1 atom stereocenters. The van der Waals surface area contributed by atoms with E-state index in [1.54, 1.807) is 6.92 Å². The molecule has 1 aliphatic heterocycles. The summed E-state index contributed by atoms with van der Waals surface area (Å²) in [6.45, 7) is 1.70. The van der Waals surface area contributed by atoms with Gasteiger partial charge in [-0.25, -0.2) is 9.78 Å². The number of allylic oxidation sites excluding steroid dienone is 1. The summed E-state index contributed by atoms with van der Waals surface area (Å²) in [4.78, 5) is 32.6. The molecule has 0 bridgehead atoms. The normalized spacial score (nSPS) is 17.5. The smallest absolute Gasteiger partial charge is 0.319 e. The molecule has 7 heteroatoms. The second-order valence-corrected chi connectivity index (χ2v) is 5.96. The van der Waals surface area contributed by atoms with E-state index in [-0.39, 0.29) is 17.5 Å². The summed E-state index contributed by atoms with van der Waals surface area (Å²) in [5, 5.41) is 5.43. The molecule has 116 valence electrons. The third kappa shape index (κ3) is 3.14. The Kier molecular flexibility index (Phi) is 4.20. The summed E-state index contributed by atoms with van der Waals surface area (Å²) in [6, 6.07) is 6.57. The van der Waals surface area contributed by atoms with Crippen molar-refractivity contribution in [2.24, 2.45) is 0 Å². The average molecular weight is 373 g/mol. The molecular weight excluding hydrogens is 360 g/mol. The molecule has 0 aliphatic carbocycles. The third-order valence-electron chi connectivity index (χ3n) is 3.51. The van der Waals surface area contributed by atoms with Gasteiger partial charge in [0.1, 0.15) is 5.69 Å². The van der Waals surface area contributed by atoms with Crippen molar-refractivity contribution in [1.82, 2.24) is 20.6 Å². The van der Waals surface area contributed by atoms with Crippen molar-refractivity contribution in [3.05, 3.63) is 69.9 Å². The average Bonchev–Trinajstić information content (AvgIpc) is 2.55. The van der Waals surface area contributed by atoms with E-state index >= 15 is 0 Å². The standard InChI is InChI=1S/C16H13BrN4O2/c1-9-13(15(22)12-8-18-6-7-19-12)14(21-16(23)20-9)10-2-4-11(17)5-3-10/h2-8,14H,1H3,(H2,20,21,23). The van der Waals surface area contributed by atoms with Crippen LogP contribution in [0.1, 0.15) is 29.0 Å². The van der Waals surface area contributed by atoms with Crippen molar-refractivity contribution in [3.63, 3.8) is 0 Å². The second kappa shape index (κ2) is 6.29. The summed E-state index contributed by atoms with van der Waals surface area (Å²) in [6.07, 6.45) is 4.38. The topological polar surface area (TPSA) is 84.0 Å². The number of urea groups is 1. The maximum Gasteiger partial charge on any atom is 0.319 e. The Labute approximate surface area is 141 Å². The minimum absolute atomic E-state index is 0.238. The monoisotopic (exact) mass is 372 g/mol. The van der Waals surface area contributed by atoms with E-state index in [4.69, 9.17) is 0 Å².